The summed E-state index contributed by atoms with van der Waals surface area (Å²) in [6.45, 7) is 0. The molecule has 7 nitrogen and oxygen atoms in total. The van der Waals surface area contributed by atoms with Crippen LogP contribution in [0, 0.1) is 0 Å². The maximum absolute atomic E-state index is 11.8. The number of nitrogens with one attached hydrogen (secondary N) is 1. The Morgan fingerprint density at radius 1 is 1.50 bits per heavy atom. The standard InChI is InChI=1S/C10H14N4O3S/c1-14-8-6(4-11-14)9(15)13-10(12-8)18-5-7(16-2)17-3/h4,7H,5H2,1-3H3,(H,12,13,15). The van der Waals surface area contributed by atoms with Gasteiger partial charge < -0.3 is 14.5 Å². The van der Waals surface area contributed by atoms with Gasteiger partial charge in [-0.3, -0.25) is 9.48 Å². The van der Waals surface area contributed by atoms with E-state index in [1.54, 1.807) is 25.9 Å². The number of ether oxygens (including phenoxy) is 2. The van der Waals surface area contributed by atoms with Gasteiger partial charge in [-0.05, 0) is 0 Å². The monoisotopic (exact) mass is 270 g/mol. The third kappa shape index (κ3) is 2.55. The predicted octanol–water partition coefficient (Wildman–Crippen LogP) is 0.368. The highest BCUT2D eigenvalue weighted by Crippen LogP contribution is 2.16. The average molecular weight is 270 g/mol. The van der Waals surface area contributed by atoms with Crippen molar-refractivity contribution in [2.45, 2.75) is 11.4 Å². The maximum atomic E-state index is 11.8. The van der Waals surface area contributed by atoms with Crippen molar-refractivity contribution < 1.29 is 9.47 Å². The first-order valence-corrected chi connectivity index (χ1v) is 6.24. The van der Waals surface area contributed by atoms with Crippen LogP contribution in [-0.4, -0.2) is 46.0 Å². The Bertz CT molecular complexity index is 590. The van der Waals surface area contributed by atoms with E-state index in [1.807, 2.05) is 0 Å². The van der Waals surface area contributed by atoms with Gasteiger partial charge >= 0.3 is 0 Å². The lowest BCUT2D eigenvalue weighted by Gasteiger charge is -2.11. The quantitative estimate of drug-likeness (QED) is 0.480. The molecule has 2 aromatic heterocycles. The molecule has 0 aromatic carbocycles. The minimum Gasteiger partial charge on any atom is -0.355 e. The third-order valence-electron chi connectivity index (χ3n) is 2.46. The fourth-order valence-corrected chi connectivity index (χ4v) is 2.34. The number of hydrogen-bond acceptors (Lipinski definition) is 6. The molecule has 2 heterocycles. The summed E-state index contributed by atoms with van der Waals surface area (Å²) in [4.78, 5) is 18.8. The van der Waals surface area contributed by atoms with E-state index in [0.29, 0.717) is 21.9 Å². The molecule has 18 heavy (non-hydrogen) atoms. The van der Waals surface area contributed by atoms with E-state index in [9.17, 15) is 4.79 Å². The first kappa shape index (κ1) is 13.1. The Balaban J connectivity index is 2.24. The Morgan fingerprint density at radius 3 is 2.89 bits per heavy atom. The van der Waals surface area contributed by atoms with Crippen LogP contribution in [0.15, 0.2) is 16.1 Å². The van der Waals surface area contributed by atoms with E-state index in [-0.39, 0.29) is 11.8 Å². The SMILES string of the molecule is COC(CSc1nc2c(cnn2C)c(=O)[nH]1)OC. The summed E-state index contributed by atoms with van der Waals surface area (Å²) in [6, 6.07) is 0. The second kappa shape index (κ2) is 5.51. The minimum absolute atomic E-state index is 0.193. The van der Waals surface area contributed by atoms with Gasteiger partial charge in [-0.1, -0.05) is 11.8 Å². The van der Waals surface area contributed by atoms with Crippen molar-refractivity contribution in [3.05, 3.63) is 16.6 Å². The van der Waals surface area contributed by atoms with Gasteiger partial charge in [-0.15, -0.1) is 0 Å². The lowest BCUT2D eigenvalue weighted by atomic mass is 10.4. The molecule has 2 aromatic rings. The van der Waals surface area contributed by atoms with Gasteiger partial charge in [-0.25, -0.2) is 4.98 Å². The van der Waals surface area contributed by atoms with Gasteiger partial charge in [0.05, 0.1) is 11.9 Å². The van der Waals surface area contributed by atoms with Crippen molar-refractivity contribution in [2.75, 3.05) is 20.0 Å². The summed E-state index contributed by atoms with van der Waals surface area (Å²) in [5.41, 5.74) is 0.370. The molecule has 0 fully saturated rings. The van der Waals surface area contributed by atoms with Gasteiger partial charge in [-0.2, -0.15) is 5.10 Å². The zero-order valence-electron chi connectivity index (χ0n) is 10.3. The van der Waals surface area contributed by atoms with E-state index in [2.05, 4.69) is 15.1 Å². The number of aromatic amines is 1. The summed E-state index contributed by atoms with van der Waals surface area (Å²) in [7, 11) is 4.88. The molecule has 0 saturated heterocycles. The average Bonchev–Trinajstić information content (AvgIpc) is 2.73. The van der Waals surface area contributed by atoms with Crippen molar-refractivity contribution in [1.82, 2.24) is 19.7 Å². The molecule has 98 valence electrons. The number of rotatable bonds is 5. The number of thioether (sulfide) groups is 1. The number of nitrogens with zero attached hydrogens (tertiary/aromatic N) is 3. The Kier molecular flexibility index (Phi) is 4.00. The number of aryl methyl sites for hydroxylation is 1. The summed E-state index contributed by atoms with van der Waals surface area (Å²) in [5.74, 6) is 0.541. The van der Waals surface area contributed by atoms with Gasteiger partial charge in [0.2, 0.25) is 0 Å². The molecule has 1 N–H and O–H groups in total. The lowest BCUT2D eigenvalue weighted by Crippen LogP contribution is -2.17. The zero-order valence-corrected chi connectivity index (χ0v) is 11.2. The van der Waals surface area contributed by atoms with Crippen LogP contribution in [0.5, 0.6) is 0 Å². The molecular formula is C10H14N4O3S. The molecule has 0 bridgehead atoms. The van der Waals surface area contributed by atoms with Crippen LogP contribution in [0.4, 0.5) is 0 Å². The molecule has 2 rings (SSSR count). The Hall–Kier alpha value is -1.38. The van der Waals surface area contributed by atoms with Crippen LogP contribution in [0.1, 0.15) is 0 Å². The van der Waals surface area contributed by atoms with Gasteiger partial charge in [0.25, 0.3) is 5.56 Å². The molecule has 0 amide bonds. The number of H-pyrrole nitrogens is 1. The van der Waals surface area contributed by atoms with Gasteiger partial charge in [0.15, 0.2) is 17.1 Å². The molecule has 0 aliphatic carbocycles. The van der Waals surface area contributed by atoms with Crippen molar-refractivity contribution in [3.63, 3.8) is 0 Å². The van der Waals surface area contributed by atoms with Crippen molar-refractivity contribution >= 4 is 22.8 Å². The predicted molar refractivity (Wildman–Crippen MR) is 67.7 cm³/mol. The molecule has 0 radical (unpaired) electrons. The molecule has 0 spiro atoms. The van der Waals surface area contributed by atoms with Crippen LogP contribution in [0.25, 0.3) is 11.0 Å². The van der Waals surface area contributed by atoms with Crippen molar-refractivity contribution in [3.8, 4) is 0 Å². The Morgan fingerprint density at radius 2 is 2.22 bits per heavy atom. The second-order valence-corrected chi connectivity index (χ2v) is 4.60. The molecular weight excluding hydrogens is 256 g/mol. The maximum Gasteiger partial charge on any atom is 0.262 e. The molecule has 0 unspecified atom stereocenters. The van der Waals surface area contributed by atoms with Crippen molar-refractivity contribution in [1.29, 1.82) is 0 Å². The van der Waals surface area contributed by atoms with Crippen LogP contribution < -0.4 is 5.56 Å². The topological polar surface area (TPSA) is 82.0 Å². The zero-order chi connectivity index (χ0) is 13.1. The largest absolute Gasteiger partial charge is 0.355 e. The van der Waals surface area contributed by atoms with Crippen LogP contribution >= 0.6 is 11.8 Å². The van der Waals surface area contributed by atoms with Gasteiger partial charge in [0, 0.05) is 21.3 Å². The normalized spacial score (nSPS) is 11.6. The van der Waals surface area contributed by atoms with E-state index < -0.39 is 0 Å². The smallest absolute Gasteiger partial charge is 0.262 e. The highest BCUT2D eigenvalue weighted by molar-refractivity contribution is 7.99. The molecule has 0 aliphatic heterocycles. The minimum atomic E-state index is -0.331. The first-order valence-electron chi connectivity index (χ1n) is 5.26. The van der Waals surface area contributed by atoms with Crippen LogP contribution in [0.2, 0.25) is 0 Å². The van der Waals surface area contributed by atoms with E-state index >= 15 is 0 Å². The summed E-state index contributed by atoms with van der Waals surface area (Å²) in [6.07, 6.45) is 1.17. The number of fused-ring (bicyclic) bond motifs is 1. The van der Waals surface area contributed by atoms with Gasteiger partial charge in [0.1, 0.15) is 5.39 Å². The molecule has 8 heteroatoms. The van der Waals surface area contributed by atoms with E-state index in [0.717, 1.165) is 0 Å². The molecule has 0 atom stereocenters. The fourth-order valence-electron chi connectivity index (χ4n) is 1.46. The summed E-state index contributed by atoms with van der Waals surface area (Å²) >= 11 is 1.36. The lowest BCUT2D eigenvalue weighted by molar-refractivity contribution is -0.0842. The highest BCUT2D eigenvalue weighted by Gasteiger charge is 2.11. The summed E-state index contributed by atoms with van der Waals surface area (Å²) < 4.78 is 11.7. The van der Waals surface area contributed by atoms with E-state index in [4.69, 9.17) is 9.47 Å². The molecule has 0 aliphatic rings. The highest BCUT2D eigenvalue weighted by atomic mass is 32.2. The first-order chi connectivity index (χ1) is 8.65. The van der Waals surface area contributed by atoms with Crippen LogP contribution in [0.3, 0.4) is 0 Å². The van der Waals surface area contributed by atoms with Crippen LogP contribution in [-0.2, 0) is 16.5 Å². The fraction of sp³-hybridized carbons (Fsp3) is 0.500. The number of hydrogen-bond donors (Lipinski definition) is 1. The number of methoxy groups -OCH3 is 2. The second-order valence-electron chi connectivity index (χ2n) is 3.59. The third-order valence-corrected chi connectivity index (χ3v) is 3.37. The Labute approximate surface area is 107 Å². The van der Waals surface area contributed by atoms with E-state index in [1.165, 1.54) is 18.0 Å². The van der Waals surface area contributed by atoms with Crippen molar-refractivity contribution in [2.24, 2.45) is 7.05 Å². The summed E-state index contributed by atoms with van der Waals surface area (Å²) in [5, 5.41) is 5.01. The number of aromatic nitrogens is 4. The molecule has 0 saturated carbocycles.